The first kappa shape index (κ1) is 17.8. The molecule has 1 aromatic heterocycles. The highest BCUT2D eigenvalue weighted by molar-refractivity contribution is 5.76. The Kier molecular flexibility index (Phi) is 5.73. The second-order valence-electron chi connectivity index (χ2n) is 6.27. The molecule has 0 fully saturated rings. The van der Waals surface area contributed by atoms with E-state index in [2.05, 4.69) is 29.3 Å². The molecule has 0 saturated heterocycles. The first-order valence-corrected chi connectivity index (χ1v) is 8.84. The fraction of sp³-hybridized carbons (Fsp3) is 0.300. The summed E-state index contributed by atoms with van der Waals surface area (Å²) in [5.41, 5.74) is 1.99. The smallest absolute Gasteiger partial charge is 0.246 e. The molecule has 3 aromatic rings. The van der Waals surface area contributed by atoms with E-state index in [1.807, 2.05) is 65.6 Å². The van der Waals surface area contributed by atoms with Crippen LogP contribution in [0.5, 0.6) is 0 Å². The maximum absolute atomic E-state index is 12.9. The Labute approximate surface area is 153 Å². The molecule has 0 aliphatic carbocycles. The van der Waals surface area contributed by atoms with Gasteiger partial charge in [-0.05, 0) is 24.1 Å². The SMILES string of the molecule is CCC(C)N(Cc1ccccc1)C(=O)Cn1nnc(-c2ccccc2)n1. The molecule has 0 bridgehead atoms. The number of aromatic nitrogens is 4. The predicted octanol–water partition coefficient (Wildman–Crippen LogP) is 3.17. The molecular formula is C20H23N5O. The topological polar surface area (TPSA) is 63.9 Å². The summed E-state index contributed by atoms with van der Waals surface area (Å²) in [5.74, 6) is 0.511. The molecule has 2 aromatic carbocycles. The molecule has 0 radical (unpaired) electrons. The lowest BCUT2D eigenvalue weighted by molar-refractivity contribution is -0.135. The van der Waals surface area contributed by atoms with E-state index >= 15 is 0 Å². The lowest BCUT2D eigenvalue weighted by atomic mass is 10.1. The van der Waals surface area contributed by atoms with Gasteiger partial charge in [-0.3, -0.25) is 4.79 Å². The van der Waals surface area contributed by atoms with E-state index in [9.17, 15) is 4.79 Å². The number of amides is 1. The van der Waals surface area contributed by atoms with Crippen molar-refractivity contribution in [3.63, 3.8) is 0 Å². The third-order valence-corrected chi connectivity index (χ3v) is 4.40. The minimum atomic E-state index is -0.0137. The largest absolute Gasteiger partial charge is 0.334 e. The highest BCUT2D eigenvalue weighted by atomic mass is 16.2. The zero-order chi connectivity index (χ0) is 18.4. The van der Waals surface area contributed by atoms with Gasteiger partial charge in [0, 0.05) is 18.2 Å². The molecule has 1 amide bonds. The number of benzene rings is 2. The molecule has 3 rings (SSSR count). The molecule has 1 unspecified atom stereocenters. The molecule has 1 heterocycles. The molecule has 0 spiro atoms. The first-order chi connectivity index (χ1) is 12.7. The lowest BCUT2D eigenvalue weighted by Crippen LogP contribution is -2.40. The van der Waals surface area contributed by atoms with Crippen molar-refractivity contribution in [2.75, 3.05) is 0 Å². The highest BCUT2D eigenvalue weighted by Crippen LogP contribution is 2.14. The summed E-state index contributed by atoms with van der Waals surface area (Å²) in [7, 11) is 0. The van der Waals surface area contributed by atoms with E-state index in [1.165, 1.54) is 4.80 Å². The molecule has 6 nitrogen and oxygen atoms in total. The van der Waals surface area contributed by atoms with Gasteiger partial charge in [0.15, 0.2) is 0 Å². The number of carbonyl (C=O) groups is 1. The van der Waals surface area contributed by atoms with Gasteiger partial charge >= 0.3 is 0 Å². The number of hydrogen-bond acceptors (Lipinski definition) is 4. The molecule has 6 heteroatoms. The van der Waals surface area contributed by atoms with Gasteiger partial charge in [0.2, 0.25) is 11.7 Å². The van der Waals surface area contributed by atoms with Crippen molar-refractivity contribution < 1.29 is 4.79 Å². The van der Waals surface area contributed by atoms with Crippen molar-refractivity contribution >= 4 is 5.91 Å². The van der Waals surface area contributed by atoms with E-state index in [0.29, 0.717) is 12.4 Å². The van der Waals surface area contributed by atoms with Crippen LogP contribution in [0.4, 0.5) is 0 Å². The van der Waals surface area contributed by atoms with Crippen LogP contribution < -0.4 is 0 Å². The quantitative estimate of drug-likeness (QED) is 0.657. The number of nitrogens with zero attached hydrogens (tertiary/aromatic N) is 5. The van der Waals surface area contributed by atoms with Crippen molar-refractivity contribution in [1.82, 2.24) is 25.1 Å². The average molecular weight is 349 g/mol. The minimum Gasteiger partial charge on any atom is -0.334 e. The van der Waals surface area contributed by atoms with Crippen LogP contribution in [0.1, 0.15) is 25.8 Å². The van der Waals surface area contributed by atoms with Gasteiger partial charge < -0.3 is 4.90 Å². The van der Waals surface area contributed by atoms with E-state index < -0.39 is 0 Å². The van der Waals surface area contributed by atoms with Crippen LogP contribution in [-0.2, 0) is 17.9 Å². The molecule has 26 heavy (non-hydrogen) atoms. The van der Waals surface area contributed by atoms with Gasteiger partial charge in [-0.2, -0.15) is 4.80 Å². The fourth-order valence-corrected chi connectivity index (χ4v) is 2.72. The Morgan fingerprint density at radius 1 is 1.08 bits per heavy atom. The molecule has 1 atom stereocenters. The maximum Gasteiger partial charge on any atom is 0.246 e. The first-order valence-electron chi connectivity index (χ1n) is 8.84. The van der Waals surface area contributed by atoms with E-state index in [0.717, 1.165) is 17.5 Å². The second kappa shape index (κ2) is 8.38. The van der Waals surface area contributed by atoms with E-state index in [1.54, 1.807) is 0 Å². The van der Waals surface area contributed by atoms with Crippen LogP contribution in [-0.4, -0.2) is 37.1 Å². The summed E-state index contributed by atoms with van der Waals surface area (Å²) < 4.78 is 0. The monoisotopic (exact) mass is 349 g/mol. The number of carbonyl (C=O) groups excluding carboxylic acids is 1. The van der Waals surface area contributed by atoms with Gasteiger partial charge in [0.25, 0.3) is 0 Å². The van der Waals surface area contributed by atoms with Crippen molar-refractivity contribution in [3.8, 4) is 11.4 Å². The molecule has 0 aliphatic heterocycles. The van der Waals surface area contributed by atoms with Gasteiger partial charge in [-0.1, -0.05) is 67.6 Å². The van der Waals surface area contributed by atoms with Gasteiger partial charge in [0.1, 0.15) is 6.54 Å². The summed E-state index contributed by atoms with van der Waals surface area (Å²) in [5, 5.41) is 12.4. The average Bonchev–Trinajstić information content (AvgIpc) is 3.15. The Morgan fingerprint density at radius 3 is 2.38 bits per heavy atom. The fourth-order valence-electron chi connectivity index (χ4n) is 2.72. The maximum atomic E-state index is 12.9. The third kappa shape index (κ3) is 4.33. The number of hydrogen-bond donors (Lipinski definition) is 0. The number of tetrazole rings is 1. The van der Waals surface area contributed by atoms with Crippen molar-refractivity contribution in [1.29, 1.82) is 0 Å². The van der Waals surface area contributed by atoms with Gasteiger partial charge in [-0.25, -0.2) is 0 Å². The van der Waals surface area contributed by atoms with Crippen LogP contribution in [0.15, 0.2) is 60.7 Å². The van der Waals surface area contributed by atoms with Crippen molar-refractivity contribution in [3.05, 3.63) is 66.2 Å². The van der Waals surface area contributed by atoms with E-state index in [4.69, 9.17) is 0 Å². The summed E-state index contributed by atoms with van der Waals surface area (Å²) in [6.45, 7) is 4.80. The summed E-state index contributed by atoms with van der Waals surface area (Å²) in [4.78, 5) is 16.1. The Morgan fingerprint density at radius 2 is 1.73 bits per heavy atom. The van der Waals surface area contributed by atoms with Gasteiger partial charge in [-0.15, -0.1) is 10.2 Å². The summed E-state index contributed by atoms with van der Waals surface area (Å²) in [6, 6.07) is 19.8. The Balaban J connectivity index is 1.72. The zero-order valence-electron chi connectivity index (χ0n) is 15.1. The predicted molar refractivity (Wildman–Crippen MR) is 100.0 cm³/mol. The van der Waals surface area contributed by atoms with Gasteiger partial charge in [0.05, 0.1) is 0 Å². The Bertz CT molecular complexity index is 832. The lowest BCUT2D eigenvalue weighted by Gasteiger charge is -2.28. The van der Waals surface area contributed by atoms with Crippen LogP contribution in [0.2, 0.25) is 0 Å². The van der Waals surface area contributed by atoms with Crippen molar-refractivity contribution in [2.45, 2.75) is 39.4 Å². The van der Waals surface area contributed by atoms with Crippen LogP contribution >= 0.6 is 0 Å². The van der Waals surface area contributed by atoms with Crippen LogP contribution in [0.3, 0.4) is 0 Å². The molecular weight excluding hydrogens is 326 g/mol. The minimum absolute atomic E-state index is 0.0137. The standard InChI is InChI=1S/C20H23N5O/c1-3-16(2)24(14-17-10-6-4-7-11-17)19(26)15-25-22-20(21-23-25)18-12-8-5-9-13-18/h4-13,16H,3,14-15H2,1-2H3. The molecule has 0 saturated carbocycles. The third-order valence-electron chi connectivity index (χ3n) is 4.40. The second-order valence-corrected chi connectivity index (χ2v) is 6.27. The molecule has 0 aliphatic rings. The summed E-state index contributed by atoms with van der Waals surface area (Å²) in [6.07, 6.45) is 0.888. The highest BCUT2D eigenvalue weighted by Gasteiger charge is 2.20. The zero-order valence-corrected chi connectivity index (χ0v) is 15.1. The van der Waals surface area contributed by atoms with Crippen molar-refractivity contribution in [2.24, 2.45) is 0 Å². The number of rotatable bonds is 7. The normalized spacial score (nSPS) is 11.9. The van der Waals surface area contributed by atoms with Crippen LogP contribution in [0, 0.1) is 0 Å². The summed E-state index contributed by atoms with van der Waals surface area (Å²) >= 11 is 0. The Hall–Kier alpha value is -3.02. The molecule has 134 valence electrons. The molecule has 0 N–H and O–H groups in total. The van der Waals surface area contributed by atoms with Crippen LogP contribution in [0.25, 0.3) is 11.4 Å². The van der Waals surface area contributed by atoms with E-state index in [-0.39, 0.29) is 18.5 Å².